The summed E-state index contributed by atoms with van der Waals surface area (Å²) in [7, 11) is 0. The van der Waals surface area contributed by atoms with Crippen LogP contribution in [-0.4, -0.2) is 36.6 Å². The van der Waals surface area contributed by atoms with E-state index in [0.29, 0.717) is 18.0 Å². The van der Waals surface area contributed by atoms with Gasteiger partial charge in [-0.25, -0.2) is 4.39 Å². The SMILES string of the molecule is CCOc1cc(F)ccc1NC(=O)C1CSCCN1. The average molecular weight is 284 g/mol. The standard InChI is InChI=1S/C13H17FN2O2S/c1-2-18-12-7-9(14)3-4-10(12)16-13(17)11-8-19-6-5-15-11/h3-4,7,11,15H,2,5-6,8H2,1H3,(H,16,17). The summed E-state index contributed by atoms with van der Waals surface area (Å²) in [6, 6.07) is 3.90. The van der Waals surface area contributed by atoms with Crippen molar-refractivity contribution in [3.63, 3.8) is 0 Å². The summed E-state index contributed by atoms with van der Waals surface area (Å²) in [5.41, 5.74) is 0.505. The first-order valence-electron chi connectivity index (χ1n) is 6.25. The maximum Gasteiger partial charge on any atom is 0.242 e. The van der Waals surface area contributed by atoms with E-state index in [9.17, 15) is 9.18 Å². The lowest BCUT2D eigenvalue weighted by molar-refractivity contribution is -0.117. The molecule has 4 nitrogen and oxygen atoms in total. The number of carbonyl (C=O) groups excluding carboxylic acids is 1. The van der Waals surface area contributed by atoms with Crippen LogP contribution in [0.5, 0.6) is 5.75 Å². The molecule has 0 aliphatic carbocycles. The molecule has 1 aromatic rings. The highest BCUT2D eigenvalue weighted by Gasteiger charge is 2.21. The molecule has 1 saturated heterocycles. The molecule has 1 aliphatic rings. The molecule has 0 radical (unpaired) electrons. The first kappa shape index (κ1) is 14.1. The lowest BCUT2D eigenvalue weighted by Crippen LogP contribution is -2.46. The number of amides is 1. The molecule has 1 fully saturated rings. The van der Waals surface area contributed by atoms with E-state index in [4.69, 9.17) is 4.74 Å². The van der Waals surface area contributed by atoms with Crippen molar-refractivity contribution in [2.75, 3.05) is 30.0 Å². The molecule has 2 N–H and O–H groups in total. The van der Waals surface area contributed by atoms with Gasteiger partial charge in [0, 0.05) is 24.1 Å². The summed E-state index contributed by atoms with van der Waals surface area (Å²) in [5.74, 6) is 1.63. The van der Waals surface area contributed by atoms with E-state index >= 15 is 0 Å². The van der Waals surface area contributed by atoms with Gasteiger partial charge in [-0.05, 0) is 19.1 Å². The fraction of sp³-hybridized carbons (Fsp3) is 0.462. The Morgan fingerprint density at radius 2 is 2.47 bits per heavy atom. The van der Waals surface area contributed by atoms with Gasteiger partial charge in [0.15, 0.2) is 0 Å². The topological polar surface area (TPSA) is 50.4 Å². The molecule has 0 bridgehead atoms. The van der Waals surface area contributed by atoms with Crippen LogP contribution in [0.4, 0.5) is 10.1 Å². The molecular weight excluding hydrogens is 267 g/mol. The van der Waals surface area contributed by atoms with Crippen LogP contribution in [0, 0.1) is 5.82 Å². The molecule has 1 atom stereocenters. The molecule has 1 aromatic carbocycles. The Bertz CT molecular complexity index is 450. The van der Waals surface area contributed by atoms with Crippen LogP contribution in [0.1, 0.15) is 6.92 Å². The number of carbonyl (C=O) groups is 1. The number of halogens is 1. The molecule has 0 aromatic heterocycles. The number of hydrogen-bond acceptors (Lipinski definition) is 4. The van der Waals surface area contributed by atoms with E-state index in [0.717, 1.165) is 18.1 Å². The second-order valence-electron chi connectivity index (χ2n) is 4.14. The first-order chi connectivity index (χ1) is 9.20. The zero-order valence-corrected chi connectivity index (χ0v) is 11.6. The summed E-state index contributed by atoms with van der Waals surface area (Å²) in [4.78, 5) is 12.1. The predicted molar refractivity (Wildman–Crippen MR) is 75.3 cm³/mol. The number of ether oxygens (including phenoxy) is 1. The van der Waals surface area contributed by atoms with Gasteiger partial charge in [-0.3, -0.25) is 4.79 Å². The van der Waals surface area contributed by atoms with Gasteiger partial charge in [-0.1, -0.05) is 0 Å². The molecule has 1 aliphatic heterocycles. The summed E-state index contributed by atoms with van der Waals surface area (Å²) in [6.45, 7) is 3.06. The average Bonchev–Trinajstić information content (AvgIpc) is 2.43. The van der Waals surface area contributed by atoms with Crippen LogP contribution < -0.4 is 15.4 Å². The quantitative estimate of drug-likeness (QED) is 0.886. The van der Waals surface area contributed by atoms with Crippen LogP contribution in [0.2, 0.25) is 0 Å². The van der Waals surface area contributed by atoms with Crippen molar-refractivity contribution in [1.29, 1.82) is 0 Å². The highest BCUT2D eigenvalue weighted by molar-refractivity contribution is 7.99. The van der Waals surface area contributed by atoms with E-state index < -0.39 is 0 Å². The third-order valence-electron chi connectivity index (χ3n) is 2.74. The van der Waals surface area contributed by atoms with Crippen molar-refractivity contribution in [3.05, 3.63) is 24.0 Å². The van der Waals surface area contributed by atoms with Crippen molar-refractivity contribution >= 4 is 23.4 Å². The van der Waals surface area contributed by atoms with Crippen LogP contribution in [0.25, 0.3) is 0 Å². The monoisotopic (exact) mass is 284 g/mol. The van der Waals surface area contributed by atoms with Gasteiger partial charge in [-0.2, -0.15) is 11.8 Å². The van der Waals surface area contributed by atoms with Crippen LogP contribution in [-0.2, 0) is 4.79 Å². The maximum atomic E-state index is 13.2. The molecule has 104 valence electrons. The minimum absolute atomic E-state index is 0.111. The lowest BCUT2D eigenvalue weighted by Gasteiger charge is -2.22. The van der Waals surface area contributed by atoms with Gasteiger partial charge >= 0.3 is 0 Å². The Morgan fingerprint density at radius 1 is 1.63 bits per heavy atom. The summed E-state index contributed by atoms with van der Waals surface area (Å²) >= 11 is 1.74. The second-order valence-corrected chi connectivity index (χ2v) is 5.29. The smallest absolute Gasteiger partial charge is 0.242 e. The third-order valence-corrected chi connectivity index (χ3v) is 3.80. The Kier molecular flexibility index (Phi) is 5.04. The minimum Gasteiger partial charge on any atom is -0.492 e. The molecular formula is C13H17FN2O2S. The Balaban J connectivity index is 2.06. The molecule has 2 rings (SSSR count). The minimum atomic E-state index is -0.382. The molecule has 19 heavy (non-hydrogen) atoms. The first-order valence-corrected chi connectivity index (χ1v) is 7.40. The Hall–Kier alpha value is -1.27. The number of rotatable bonds is 4. The Labute approximate surface area is 116 Å². The van der Waals surface area contributed by atoms with Gasteiger partial charge in [0.05, 0.1) is 18.3 Å². The van der Waals surface area contributed by atoms with E-state index in [-0.39, 0.29) is 17.8 Å². The van der Waals surface area contributed by atoms with Gasteiger partial charge < -0.3 is 15.4 Å². The second kappa shape index (κ2) is 6.77. The van der Waals surface area contributed by atoms with Crippen LogP contribution in [0.15, 0.2) is 18.2 Å². The van der Waals surface area contributed by atoms with Crippen LogP contribution in [0.3, 0.4) is 0 Å². The van der Waals surface area contributed by atoms with Gasteiger partial charge in [0.1, 0.15) is 11.6 Å². The summed E-state index contributed by atoms with van der Waals surface area (Å²) in [6.07, 6.45) is 0. The van der Waals surface area contributed by atoms with Gasteiger partial charge in [0.2, 0.25) is 5.91 Å². The molecule has 0 saturated carbocycles. The number of benzene rings is 1. The van der Waals surface area contributed by atoms with Gasteiger partial charge in [-0.15, -0.1) is 0 Å². The summed E-state index contributed by atoms with van der Waals surface area (Å²) < 4.78 is 18.5. The highest BCUT2D eigenvalue weighted by atomic mass is 32.2. The number of nitrogens with one attached hydrogen (secondary N) is 2. The molecule has 1 heterocycles. The molecule has 1 unspecified atom stereocenters. The van der Waals surface area contributed by atoms with Crippen molar-refractivity contribution in [2.45, 2.75) is 13.0 Å². The molecule has 6 heteroatoms. The zero-order valence-electron chi connectivity index (χ0n) is 10.7. The maximum absolute atomic E-state index is 13.2. The zero-order chi connectivity index (χ0) is 13.7. The fourth-order valence-electron chi connectivity index (χ4n) is 1.83. The third kappa shape index (κ3) is 3.84. The van der Waals surface area contributed by atoms with Crippen molar-refractivity contribution < 1.29 is 13.9 Å². The van der Waals surface area contributed by atoms with E-state index in [2.05, 4.69) is 10.6 Å². The highest BCUT2D eigenvalue weighted by Crippen LogP contribution is 2.25. The van der Waals surface area contributed by atoms with Crippen molar-refractivity contribution in [3.8, 4) is 5.75 Å². The fourth-order valence-corrected chi connectivity index (χ4v) is 2.76. The predicted octanol–water partition coefficient (Wildman–Crippen LogP) is 1.87. The molecule has 0 spiro atoms. The molecule has 1 amide bonds. The van der Waals surface area contributed by atoms with E-state index in [1.807, 2.05) is 6.92 Å². The van der Waals surface area contributed by atoms with E-state index in [1.165, 1.54) is 18.2 Å². The number of hydrogen-bond donors (Lipinski definition) is 2. The Morgan fingerprint density at radius 3 is 3.16 bits per heavy atom. The van der Waals surface area contributed by atoms with Crippen LogP contribution >= 0.6 is 11.8 Å². The normalized spacial score (nSPS) is 18.9. The van der Waals surface area contributed by atoms with Crippen molar-refractivity contribution in [1.82, 2.24) is 5.32 Å². The van der Waals surface area contributed by atoms with E-state index in [1.54, 1.807) is 11.8 Å². The van der Waals surface area contributed by atoms with Gasteiger partial charge in [0.25, 0.3) is 0 Å². The number of anilines is 1. The lowest BCUT2D eigenvalue weighted by atomic mass is 10.2. The number of thioether (sulfide) groups is 1. The summed E-state index contributed by atoms with van der Waals surface area (Å²) in [5, 5.41) is 5.94. The largest absolute Gasteiger partial charge is 0.492 e. The van der Waals surface area contributed by atoms with Crippen molar-refractivity contribution in [2.24, 2.45) is 0 Å².